The van der Waals surface area contributed by atoms with Crippen LogP contribution < -0.4 is 10.5 Å². The maximum atomic E-state index is 13.0. The minimum Gasteiger partial charge on any atom is -0.368 e. The van der Waals surface area contributed by atoms with Crippen molar-refractivity contribution in [2.24, 2.45) is 0 Å². The van der Waals surface area contributed by atoms with E-state index in [0.29, 0.717) is 42.9 Å². The maximum absolute atomic E-state index is 13.0. The molecule has 5 rings (SSSR count). The molecule has 0 atom stereocenters. The SMILES string of the molecule is O=C(CCn1cnc2c([nH]c3ccccc32)c1=O)N1CCN(c2cccc(C(F)(F)F)c2)CC1. The van der Waals surface area contributed by atoms with E-state index in [9.17, 15) is 22.8 Å². The molecule has 2 aromatic heterocycles. The van der Waals surface area contributed by atoms with Crippen LogP contribution in [-0.4, -0.2) is 51.5 Å². The number of fused-ring (bicyclic) bond motifs is 3. The molecule has 1 saturated heterocycles. The molecule has 1 aliphatic heterocycles. The summed E-state index contributed by atoms with van der Waals surface area (Å²) in [6, 6.07) is 12.8. The molecule has 0 bridgehead atoms. The number of para-hydroxylation sites is 1. The van der Waals surface area contributed by atoms with Gasteiger partial charge < -0.3 is 14.8 Å². The molecule has 0 aliphatic carbocycles. The molecule has 2 aromatic carbocycles. The van der Waals surface area contributed by atoms with E-state index in [2.05, 4.69) is 9.97 Å². The zero-order chi connectivity index (χ0) is 23.9. The Labute approximate surface area is 192 Å². The number of piperazine rings is 1. The lowest BCUT2D eigenvalue weighted by Gasteiger charge is -2.36. The van der Waals surface area contributed by atoms with Crippen LogP contribution in [0.4, 0.5) is 18.9 Å². The number of aromatic amines is 1. The van der Waals surface area contributed by atoms with Gasteiger partial charge in [-0.1, -0.05) is 24.3 Å². The Hall–Kier alpha value is -3.82. The van der Waals surface area contributed by atoms with Gasteiger partial charge in [0.05, 0.1) is 11.9 Å². The molecule has 0 saturated carbocycles. The molecule has 1 amide bonds. The Bertz CT molecular complexity index is 1420. The van der Waals surface area contributed by atoms with Crippen LogP contribution in [0, 0.1) is 0 Å². The van der Waals surface area contributed by atoms with Crippen molar-refractivity contribution >= 4 is 33.5 Å². The highest BCUT2D eigenvalue weighted by atomic mass is 19.4. The lowest BCUT2D eigenvalue weighted by Crippen LogP contribution is -2.49. The summed E-state index contributed by atoms with van der Waals surface area (Å²) in [5.74, 6) is -0.104. The topological polar surface area (TPSA) is 74.2 Å². The Morgan fingerprint density at radius 3 is 2.56 bits per heavy atom. The predicted molar refractivity (Wildman–Crippen MR) is 123 cm³/mol. The number of rotatable bonds is 4. The van der Waals surface area contributed by atoms with E-state index >= 15 is 0 Å². The molecule has 0 radical (unpaired) electrons. The first kappa shape index (κ1) is 22.0. The second kappa shape index (κ2) is 8.51. The number of aryl methyl sites for hydroxylation is 1. The highest BCUT2D eigenvalue weighted by Crippen LogP contribution is 2.32. The zero-order valence-electron chi connectivity index (χ0n) is 18.2. The third-order valence-electron chi connectivity index (χ3n) is 6.22. The minimum atomic E-state index is -4.39. The van der Waals surface area contributed by atoms with E-state index in [0.717, 1.165) is 23.0 Å². The van der Waals surface area contributed by atoms with Gasteiger partial charge in [0.2, 0.25) is 5.91 Å². The van der Waals surface area contributed by atoms with Crippen LogP contribution in [0.2, 0.25) is 0 Å². The Morgan fingerprint density at radius 1 is 1.03 bits per heavy atom. The number of aromatic nitrogens is 3. The van der Waals surface area contributed by atoms with Crippen molar-refractivity contribution in [1.82, 2.24) is 19.4 Å². The summed E-state index contributed by atoms with van der Waals surface area (Å²) in [5.41, 5.74) is 1.42. The normalized spacial score (nSPS) is 14.8. The maximum Gasteiger partial charge on any atom is 0.416 e. The van der Waals surface area contributed by atoms with Gasteiger partial charge in [-0.25, -0.2) is 4.98 Å². The summed E-state index contributed by atoms with van der Waals surface area (Å²) >= 11 is 0. The van der Waals surface area contributed by atoms with Gasteiger partial charge in [-0.3, -0.25) is 14.2 Å². The smallest absolute Gasteiger partial charge is 0.368 e. The average molecular weight is 469 g/mol. The summed E-state index contributed by atoms with van der Waals surface area (Å²) in [4.78, 5) is 36.6. The highest BCUT2D eigenvalue weighted by molar-refractivity contribution is 6.04. The number of hydrogen-bond acceptors (Lipinski definition) is 4. The molecule has 3 heterocycles. The van der Waals surface area contributed by atoms with E-state index in [1.807, 2.05) is 29.2 Å². The number of benzene rings is 2. The van der Waals surface area contributed by atoms with E-state index in [1.165, 1.54) is 17.0 Å². The summed E-state index contributed by atoms with van der Waals surface area (Å²) in [7, 11) is 0. The molecule has 7 nitrogen and oxygen atoms in total. The quantitative estimate of drug-likeness (QED) is 0.495. The molecule has 1 N–H and O–H groups in total. The third-order valence-corrected chi connectivity index (χ3v) is 6.22. The van der Waals surface area contributed by atoms with Crippen LogP contribution in [0.1, 0.15) is 12.0 Å². The van der Waals surface area contributed by atoms with Gasteiger partial charge in [0, 0.05) is 55.7 Å². The van der Waals surface area contributed by atoms with Gasteiger partial charge in [0.25, 0.3) is 5.56 Å². The second-order valence-corrected chi connectivity index (χ2v) is 8.30. The first-order chi connectivity index (χ1) is 16.3. The number of anilines is 1. The fraction of sp³-hybridized carbons (Fsp3) is 0.292. The van der Waals surface area contributed by atoms with Crippen molar-refractivity contribution in [3.05, 3.63) is 70.8 Å². The van der Waals surface area contributed by atoms with Crippen LogP contribution in [-0.2, 0) is 17.5 Å². The van der Waals surface area contributed by atoms with Crippen LogP contribution in [0.15, 0.2) is 59.7 Å². The number of amides is 1. The number of carbonyl (C=O) groups is 1. The Balaban J connectivity index is 1.22. The monoisotopic (exact) mass is 469 g/mol. The molecule has 176 valence electrons. The van der Waals surface area contributed by atoms with Gasteiger partial charge in [0.15, 0.2) is 0 Å². The summed E-state index contributed by atoms with van der Waals surface area (Å²) in [6.07, 6.45) is -2.79. The van der Waals surface area contributed by atoms with Crippen molar-refractivity contribution in [1.29, 1.82) is 0 Å². The lowest BCUT2D eigenvalue weighted by molar-refractivity contribution is -0.137. The van der Waals surface area contributed by atoms with Gasteiger partial charge in [0.1, 0.15) is 11.0 Å². The number of H-pyrrole nitrogens is 1. The molecule has 34 heavy (non-hydrogen) atoms. The number of nitrogens with one attached hydrogen (secondary N) is 1. The summed E-state index contributed by atoms with van der Waals surface area (Å²) < 4.78 is 40.4. The standard InChI is InChI=1S/C24H22F3N5O2/c25-24(26,27)16-4-3-5-17(14-16)30-10-12-31(13-11-30)20(33)8-9-32-15-28-21-18-6-1-2-7-19(18)29-22(21)23(32)34/h1-7,14-15,29H,8-13H2. The van der Waals surface area contributed by atoms with E-state index < -0.39 is 11.7 Å². The highest BCUT2D eigenvalue weighted by Gasteiger charge is 2.31. The average Bonchev–Trinajstić information content (AvgIpc) is 3.23. The largest absolute Gasteiger partial charge is 0.416 e. The first-order valence-electron chi connectivity index (χ1n) is 11.0. The fourth-order valence-electron chi connectivity index (χ4n) is 4.37. The summed E-state index contributed by atoms with van der Waals surface area (Å²) in [5, 5.41) is 0.872. The van der Waals surface area contributed by atoms with E-state index in [-0.39, 0.29) is 24.4 Å². The van der Waals surface area contributed by atoms with Crippen LogP contribution in [0.25, 0.3) is 21.9 Å². The second-order valence-electron chi connectivity index (χ2n) is 8.30. The van der Waals surface area contributed by atoms with Gasteiger partial charge >= 0.3 is 6.18 Å². The van der Waals surface area contributed by atoms with Crippen molar-refractivity contribution < 1.29 is 18.0 Å². The van der Waals surface area contributed by atoms with Crippen LogP contribution >= 0.6 is 0 Å². The van der Waals surface area contributed by atoms with Crippen molar-refractivity contribution in [3.8, 4) is 0 Å². The van der Waals surface area contributed by atoms with Crippen LogP contribution in [0.3, 0.4) is 0 Å². The minimum absolute atomic E-state index is 0.104. The molecule has 4 aromatic rings. The number of hydrogen-bond donors (Lipinski definition) is 1. The lowest BCUT2D eigenvalue weighted by atomic mass is 10.1. The van der Waals surface area contributed by atoms with Crippen molar-refractivity contribution in [2.45, 2.75) is 19.1 Å². The number of carbonyl (C=O) groups excluding carboxylic acids is 1. The first-order valence-corrected chi connectivity index (χ1v) is 11.0. The zero-order valence-corrected chi connectivity index (χ0v) is 18.2. The van der Waals surface area contributed by atoms with Crippen LogP contribution in [0.5, 0.6) is 0 Å². The molecule has 0 unspecified atom stereocenters. The molecule has 1 fully saturated rings. The predicted octanol–water partition coefficient (Wildman–Crippen LogP) is 3.64. The Morgan fingerprint density at radius 2 is 1.79 bits per heavy atom. The molecular weight excluding hydrogens is 447 g/mol. The van der Waals surface area contributed by atoms with E-state index in [1.54, 1.807) is 11.0 Å². The van der Waals surface area contributed by atoms with Crippen molar-refractivity contribution in [3.63, 3.8) is 0 Å². The molecular formula is C24H22F3N5O2. The van der Waals surface area contributed by atoms with Gasteiger partial charge in [-0.2, -0.15) is 13.2 Å². The third kappa shape index (κ3) is 4.11. The van der Waals surface area contributed by atoms with Gasteiger partial charge in [-0.15, -0.1) is 0 Å². The molecule has 0 spiro atoms. The molecule has 1 aliphatic rings. The number of nitrogens with zero attached hydrogens (tertiary/aromatic N) is 4. The molecule has 10 heteroatoms. The fourth-order valence-corrected chi connectivity index (χ4v) is 4.37. The summed E-state index contributed by atoms with van der Waals surface area (Å²) in [6.45, 7) is 1.89. The number of halogens is 3. The Kier molecular flexibility index (Phi) is 5.51. The number of alkyl halides is 3. The van der Waals surface area contributed by atoms with E-state index in [4.69, 9.17) is 0 Å². The van der Waals surface area contributed by atoms with Crippen molar-refractivity contribution in [2.75, 3.05) is 31.1 Å². The van der Waals surface area contributed by atoms with Gasteiger partial charge in [-0.05, 0) is 24.3 Å².